The van der Waals surface area contributed by atoms with Crippen LogP contribution in [0.15, 0.2) is 59.4 Å². The number of pyridine rings is 1. The third-order valence-corrected chi connectivity index (χ3v) is 9.59. The summed E-state index contributed by atoms with van der Waals surface area (Å²) in [7, 11) is 0. The molecule has 0 bridgehead atoms. The van der Waals surface area contributed by atoms with Gasteiger partial charge in [0.15, 0.2) is 0 Å². The molecule has 12 nitrogen and oxygen atoms in total. The van der Waals surface area contributed by atoms with E-state index in [-0.39, 0.29) is 48.3 Å². The zero-order chi connectivity index (χ0) is 33.1. The highest BCUT2D eigenvalue weighted by atomic mass is 35.5. The quantitative estimate of drug-likeness (QED) is 0.149. The van der Waals surface area contributed by atoms with Crippen LogP contribution < -0.4 is 32.7 Å². The molecule has 13 heteroatoms. The number of fused-ring (bicyclic) bond motifs is 1. The normalized spacial score (nSPS) is 19.8. The molecule has 1 aliphatic heterocycles. The summed E-state index contributed by atoms with van der Waals surface area (Å²) in [5.74, 6) is -0.842. The number of hydrogen-bond acceptors (Lipinski definition) is 7. The number of aryl methyl sites for hydroxylation is 1. The van der Waals surface area contributed by atoms with Gasteiger partial charge in [0, 0.05) is 41.9 Å². The molecule has 3 amide bonds. The second kappa shape index (κ2) is 15.1. The van der Waals surface area contributed by atoms with Gasteiger partial charge in [0.2, 0.25) is 11.8 Å². The molecule has 0 radical (unpaired) electrons. The Labute approximate surface area is 284 Å². The van der Waals surface area contributed by atoms with E-state index in [0.29, 0.717) is 47.7 Å². The predicted octanol–water partition coefficient (Wildman–Crippen LogP) is 2.93. The maximum atomic E-state index is 14.2. The third-order valence-electron chi connectivity index (χ3n) is 9.59. The summed E-state index contributed by atoms with van der Waals surface area (Å²) in [6.07, 6.45) is 4.18. The Morgan fingerprint density at radius 2 is 1.71 bits per heavy atom. The summed E-state index contributed by atoms with van der Waals surface area (Å²) in [5.41, 5.74) is 16.9. The number of anilines is 1. The molecule has 4 aromatic rings. The molecule has 2 aromatic heterocycles. The van der Waals surface area contributed by atoms with Crippen LogP contribution >= 0.6 is 12.4 Å². The minimum absolute atomic E-state index is 0. The van der Waals surface area contributed by atoms with Gasteiger partial charge in [-0.2, -0.15) is 0 Å². The smallest absolute Gasteiger partial charge is 0.323 e. The first-order valence-electron chi connectivity index (χ1n) is 16.3. The van der Waals surface area contributed by atoms with E-state index in [4.69, 9.17) is 11.5 Å². The highest BCUT2D eigenvalue weighted by molar-refractivity contribution is 6.02. The number of nitrogens with two attached hydrogens (primary N) is 2. The van der Waals surface area contributed by atoms with Gasteiger partial charge in [0.25, 0.3) is 5.91 Å². The van der Waals surface area contributed by atoms with E-state index in [2.05, 4.69) is 25.6 Å². The van der Waals surface area contributed by atoms with Crippen molar-refractivity contribution in [2.75, 3.05) is 24.5 Å². The Balaban J connectivity index is 0.00000451. The van der Waals surface area contributed by atoms with E-state index in [9.17, 15) is 19.2 Å². The minimum atomic E-state index is -0.958. The van der Waals surface area contributed by atoms with Crippen LogP contribution in [0.4, 0.5) is 5.69 Å². The van der Waals surface area contributed by atoms with Crippen LogP contribution in [0, 0.1) is 18.8 Å². The van der Waals surface area contributed by atoms with Crippen LogP contribution in [0.5, 0.6) is 0 Å². The number of carbonyl (C=O) groups is 3. The van der Waals surface area contributed by atoms with Crippen molar-refractivity contribution >= 4 is 46.8 Å². The summed E-state index contributed by atoms with van der Waals surface area (Å²) in [5, 5.41) is 6.27. The lowest BCUT2D eigenvalue weighted by Gasteiger charge is -2.35. The lowest BCUT2D eigenvalue weighted by atomic mass is 9.81. The van der Waals surface area contributed by atoms with Crippen LogP contribution in [0.3, 0.4) is 0 Å². The second-order valence-corrected chi connectivity index (χ2v) is 12.8. The van der Waals surface area contributed by atoms with Gasteiger partial charge in [-0.1, -0.05) is 30.3 Å². The van der Waals surface area contributed by atoms with Gasteiger partial charge in [-0.3, -0.25) is 19.3 Å². The van der Waals surface area contributed by atoms with E-state index < -0.39 is 11.9 Å². The number of halogens is 1. The Bertz CT molecular complexity index is 1820. The highest BCUT2D eigenvalue weighted by Gasteiger charge is 2.36. The Hall–Kier alpha value is -4.52. The molecule has 48 heavy (non-hydrogen) atoms. The SMILES string of the molecule is Cc1nc(C(=O)N[C@H]2CCNC2)ccc1-c1ccc(C[C@@H](C(N)=O)N(c2ccc3[nH]c(=O)[nH]c3c2)C(=O)[C@H]2CC[C@H](CN)CC2)cc1.Cl. The summed E-state index contributed by atoms with van der Waals surface area (Å²) in [6.45, 7) is 4.12. The highest BCUT2D eigenvalue weighted by Crippen LogP contribution is 2.33. The molecule has 2 fully saturated rings. The molecule has 0 spiro atoms. The van der Waals surface area contributed by atoms with Crippen LogP contribution in [0.1, 0.15) is 53.8 Å². The van der Waals surface area contributed by atoms with Crippen molar-refractivity contribution < 1.29 is 14.4 Å². The molecule has 1 aliphatic carbocycles. The summed E-state index contributed by atoms with van der Waals surface area (Å²) in [6, 6.07) is 15.7. The van der Waals surface area contributed by atoms with Crippen molar-refractivity contribution in [2.24, 2.45) is 23.3 Å². The van der Waals surface area contributed by atoms with E-state index >= 15 is 0 Å². The largest absolute Gasteiger partial charge is 0.368 e. The molecular weight excluding hydrogens is 632 g/mol. The van der Waals surface area contributed by atoms with Crippen molar-refractivity contribution in [3.05, 3.63) is 82.0 Å². The maximum Gasteiger partial charge on any atom is 0.323 e. The standard InChI is InChI=1S/C35H42N8O4.ClH/c1-20-27(11-13-29(39-20)33(45)40-25-14-15-38-19-25)23-6-2-21(3-7-23)16-31(32(37)44)43(34(46)24-8-4-22(18-36)5-9-24)26-10-12-28-30(17-26)42-35(47)41-28;/h2-3,6-7,10-13,17,22,24-25,31,38H,4-5,8-9,14-16,18-19,36H2,1H3,(H2,37,44)(H,40,45)(H2,41,42,47);1H/t22-,24-,25-,31-;/m0./s1. The maximum absolute atomic E-state index is 14.2. The number of imidazole rings is 1. The fourth-order valence-electron chi connectivity index (χ4n) is 6.87. The van der Waals surface area contributed by atoms with Gasteiger partial charge < -0.3 is 32.1 Å². The zero-order valence-electron chi connectivity index (χ0n) is 27.0. The number of primary amides is 1. The predicted molar refractivity (Wildman–Crippen MR) is 188 cm³/mol. The fraction of sp³-hybridized carbons (Fsp3) is 0.400. The molecule has 2 aromatic carbocycles. The van der Waals surface area contributed by atoms with Crippen molar-refractivity contribution in [2.45, 2.75) is 57.5 Å². The Kier molecular flexibility index (Phi) is 11.0. The topological polar surface area (TPSA) is 192 Å². The molecule has 8 N–H and O–H groups in total. The summed E-state index contributed by atoms with van der Waals surface area (Å²) in [4.78, 5) is 63.5. The molecular formula is C35H43ClN8O4. The van der Waals surface area contributed by atoms with E-state index in [1.807, 2.05) is 37.3 Å². The van der Waals surface area contributed by atoms with Gasteiger partial charge in [0.1, 0.15) is 11.7 Å². The number of rotatable bonds is 10. The molecule has 0 unspecified atom stereocenters. The average molecular weight is 675 g/mol. The minimum Gasteiger partial charge on any atom is -0.368 e. The number of aromatic nitrogens is 3. The molecule has 2 aliphatic rings. The van der Waals surface area contributed by atoms with Crippen molar-refractivity contribution in [3.8, 4) is 11.1 Å². The van der Waals surface area contributed by atoms with Gasteiger partial charge in [-0.15, -0.1) is 12.4 Å². The first-order chi connectivity index (χ1) is 22.7. The fourth-order valence-corrected chi connectivity index (χ4v) is 6.87. The van der Waals surface area contributed by atoms with Gasteiger partial charge in [0.05, 0.1) is 11.0 Å². The van der Waals surface area contributed by atoms with Crippen LogP contribution in [-0.2, 0) is 16.0 Å². The number of aromatic amines is 2. The van der Waals surface area contributed by atoms with E-state index in [1.54, 1.807) is 24.3 Å². The van der Waals surface area contributed by atoms with E-state index in [0.717, 1.165) is 54.7 Å². The molecule has 2 atom stereocenters. The number of amides is 3. The summed E-state index contributed by atoms with van der Waals surface area (Å²) < 4.78 is 0. The Morgan fingerprint density at radius 1 is 0.979 bits per heavy atom. The lowest BCUT2D eigenvalue weighted by Crippen LogP contribution is -2.52. The van der Waals surface area contributed by atoms with Crippen LogP contribution in [0.25, 0.3) is 22.2 Å². The number of H-pyrrole nitrogens is 2. The van der Waals surface area contributed by atoms with Crippen LogP contribution in [0.2, 0.25) is 0 Å². The monoisotopic (exact) mass is 674 g/mol. The molecule has 1 saturated carbocycles. The molecule has 3 heterocycles. The molecule has 254 valence electrons. The zero-order valence-corrected chi connectivity index (χ0v) is 27.8. The number of hydrogen-bond donors (Lipinski definition) is 6. The number of benzene rings is 2. The van der Waals surface area contributed by atoms with E-state index in [1.165, 1.54) is 4.90 Å². The summed E-state index contributed by atoms with van der Waals surface area (Å²) >= 11 is 0. The van der Waals surface area contributed by atoms with Crippen molar-refractivity contribution in [1.29, 1.82) is 0 Å². The second-order valence-electron chi connectivity index (χ2n) is 12.8. The van der Waals surface area contributed by atoms with Crippen molar-refractivity contribution in [1.82, 2.24) is 25.6 Å². The third kappa shape index (κ3) is 7.61. The van der Waals surface area contributed by atoms with Gasteiger partial charge in [-0.05, 0) is 93.4 Å². The van der Waals surface area contributed by atoms with Gasteiger partial charge in [-0.25, -0.2) is 9.78 Å². The van der Waals surface area contributed by atoms with Crippen molar-refractivity contribution in [3.63, 3.8) is 0 Å². The average Bonchev–Trinajstić information content (AvgIpc) is 3.73. The molecule has 6 rings (SSSR count). The van der Waals surface area contributed by atoms with Gasteiger partial charge >= 0.3 is 5.69 Å². The first-order valence-corrected chi connectivity index (χ1v) is 16.3. The lowest BCUT2D eigenvalue weighted by molar-refractivity contribution is -0.127. The van der Waals surface area contributed by atoms with Crippen LogP contribution in [-0.4, -0.2) is 64.4 Å². The number of nitrogens with one attached hydrogen (secondary N) is 4. The first kappa shape index (κ1) is 34.8. The molecule has 1 saturated heterocycles. The Morgan fingerprint density at radius 3 is 2.35 bits per heavy atom. The number of nitrogens with zero attached hydrogens (tertiary/aromatic N) is 2. The number of carbonyl (C=O) groups excluding carboxylic acids is 3.